The molecule has 0 saturated carbocycles. The molecule has 0 unspecified atom stereocenters. The Morgan fingerprint density at radius 1 is 1.50 bits per heavy atom. The van der Waals surface area contributed by atoms with Gasteiger partial charge in [0.2, 0.25) is 0 Å². The second-order valence-corrected chi connectivity index (χ2v) is 5.02. The molecule has 1 aromatic rings. The normalized spacial score (nSPS) is 10.7. The van der Waals surface area contributed by atoms with Crippen molar-refractivity contribution in [2.75, 3.05) is 11.5 Å². The van der Waals surface area contributed by atoms with Crippen molar-refractivity contribution in [1.29, 1.82) is 0 Å². The van der Waals surface area contributed by atoms with E-state index in [0.29, 0.717) is 11.3 Å². The number of aromatic carboxylic acids is 1. The summed E-state index contributed by atoms with van der Waals surface area (Å²) < 4.78 is 1.80. The molecule has 0 aliphatic heterocycles. The van der Waals surface area contributed by atoms with Gasteiger partial charge < -0.3 is 5.11 Å². The molecule has 0 radical (unpaired) electrons. The number of thioether (sulfide) groups is 1. The van der Waals surface area contributed by atoms with Crippen LogP contribution in [0.4, 0.5) is 0 Å². The molecular weight excluding hydrogens is 224 g/mol. The fourth-order valence-corrected chi connectivity index (χ4v) is 2.31. The largest absolute Gasteiger partial charge is 0.478 e. The molecule has 0 spiro atoms. The zero-order valence-electron chi connectivity index (χ0n) is 9.99. The van der Waals surface area contributed by atoms with E-state index in [1.807, 2.05) is 18.7 Å². The van der Waals surface area contributed by atoms with E-state index < -0.39 is 5.97 Å². The van der Waals surface area contributed by atoms with E-state index in [1.54, 1.807) is 11.6 Å². The van der Waals surface area contributed by atoms with Gasteiger partial charge in [-0.1, -0.05) is 6.92 Å². The van der Waals surface area contributed by atoms with Gasteiger partial charge in [-0.25, -0.2) is 4.79 Å². The third-order valence-corrected chi connectivity index (χ3v) is 3.44. The molecule has 90 valence electrons. The fraction of sp³-hybridized carbons (Fsp3) is 0.636. The molecule has 1 N–H and O–H groups in total. The Kier molecular flexibility index (Phi) is 4.86. The molecule has 0 fully saturated rings. The summed E-state index contributed by atoms with van der Waals surface area (Å²) in [6.07, 6.45) is 1.03. The molecule has 0 bridgehead atoms. The minimum absolute atomic E-state index is 0.350. The molecule has 1 rings (SSSR count). The number of carbonyl (C=O) groups is 1. The maximum atomic E-state index is 11.0. The predicted octanol–water partition coefficient (Wildman–Crippen LogP) is 2.34. The van der Waals surface area contributed by atoms with Gasteiger partial charge in [-0.3, -0.25) is 4.68 Å². The molecule has 0 atom stereocenters. The van der Waals surface area contributed by atoms with Gasteiger partial charge in [-0.2, -0.15) is 16.9 Å². The first-order chi connectivity index (χ1) is 7.57. The summed E-state index contributed by atoms with van der Waals surface area (Å²) in [5.41, 5.74) is 1.71. The summed E-state index contributed by atoms with van der Waals surface area (Å²) in [4.78, 5) is 11.0. The number of carboxylic acid groups (broad SMARTS) is 1. The third-order valence-electron chi connectivity index (χ3n) is 2.46. The highest BCUT2D eigenvalue weighted by Crippen LogP contribution is 2.13. The first kappa shape index (κ1) is 13.1. The predicted molar refractivity (Wildman–Crippen MR) is 66.3 cm³/mol. The maximum absolute atomic E-state index is 11.0. The van der Waals surface area contributed by atoms with Crippen molar-refractivity contribution in [2.24, 2.45) is 0 Å². The van der Waals surface area contributed by atoms with Crippen LogP contribution in [0.15, 0.2) is 0 Å². The van der Waals surface area contributed by atoms with Gasteiger partial charge in [0.05, 0.1) is 11.4 Å². The summed E-state index contributed by atoms with van der Waals surface area (Å²) in [6.45, 7) is 6.49. The highest BCUT2D eigenvalue weighted by Gasteiger charge is 2.16. The Hall–Kier alpha value is -0.970. The smallest absolute Gasteiger partial charge is 0.339 e. The molecule has 0 aromatic carbocycles. The van der Waals surface area contributed by atoms with Crippen LogP contribution in [0.5, 0.6) is 0 Å². The lowest BCUT2D eigenvalue weighted by Gasteiger charge is -2.03. The summed E-state index contributed by atoms with van der Waals surface area (Å²) in [5.74, 6) is 1.33. The van der Waals surface area contributed by atoms with E-state index in [0.717, 1.165) is 30.2 Å². The lowest BCUT2D eigenvalue weighted by molar-refractivity contribution is 0.0695. The highest BCUT2D eigenvalue weighted by atomic mass is 32.2. The van der Waals surface area contributed by atoms with Crippen molar-refractivity contribution in [3.8, 4) is 0 Å². The first-order valence-electron chi connectivity index (χ1n) is 5.43. The van der Waals surface area contributed by atoms with E-state index >= 15 is 0 Å². The van der Waals surface area contributed by atoms with E-state index in [-0.39, 0.29) is 0 Å². The number of aromatic nitrogens is 2. The van der Waals surface area contributed by atoms with E-state index in [4.69, 9.17) is 5.11 Å². The maximum Gasteiger partial charge on any atom is 0.339 e. The van der Waals surface area contributed by atoms with Crippen molar-refractivity contribution in [2.45, 2.75) is 33.7 Å². The second kappa shape index (κ2) is 5.94. The molecule has 1 aromatic heterocycles. The van der Waals surface area contributed by atoms with Gasteiger partial charge in [0.15, 0.2) is 0 Å². The molecule has 0 saturated heterocycles. The number of carboxylic acids is 1. The Balaban J connectivity index is 2.67. The van der Waals surface area contributed by atoms with Crippen LogP contribution in [0, 0.1) is 13.8 Å². The molecule has 0 amide bonds. The van der Waals surface area contributed by atoms with Crippen molar-refractivity contribution in [3.05, 3.63) is 17.0 Å². The van der Waals surface area contributed by atoms with Crippen LogP contribution in [-0.2, 0) is 6.54 Å². The van der Waals surface area contributed by atoms with Gasteiger partial charge >= 0.3 is 5.97 Å². The van der Waals surface area contributed by atoms with Gasteiger partial charge in [0, 0.05) is 6.54 Å². The molecular formula is C11H18N2O2S. The van der Waals surface area contributed by atoms with E-state index in [9.17, 15) is 4.79 Å². The number of aryl methyl sites for hydroxylation is 2. The molecule has 4 nitrogen and oxygen atoms in total. The SMILES string of the molecule is CCSCCCn1nc(C)c(C(=O)O)c1C. The van der Waals surface area contributed by atoms with Crippen LogP contribution < -0.4 is 0 Å². The van der Waals surface area contributed by atoms with Crippen LogP contribution in [0.25, 0.3) is 0 Å². The zero-order valence-corrected chi connectivity index (χ0v) is 10.8. The Bertz CT molecular complexity index is 374. The van der Waals surface area contributed by atoms with Gasteiger partial charge in [-0.15, -0.1) is 0 Å². The molecule has 1 heterocycles. The van der Waals surface area contributed by atoms with E-state index in [1.165, 1.54) is 0 Å². The average molecular weight is 242 g/mol. The molecule has 5 heteroatoms. The minimum atomic E-state index is -0.885. The fourth-order valence-electron chi connectivity index (χ4n) is 1.68. The van der Waals surface area contributed by atoms with Gasteiger partial charge in [-0.05, 0) is 31.8 Å². The van der Waals surface area contributed by atoms with Crippen LogP contribution in [0.2, 0.25) is 0 Å². The standard InChI is InChI=1S/C11H18N2O2S/c1-4-16-7-5-6-13-9(3)10(11(14)15)8(2)12-13/h4-7H2,1-3H3,(H,14,15). The monoisotopic (exact) mass is 242 g/mol. The summed E-state index contributed by atoms with van der Waals surface area (Å²) >= 11 is 1.89. The quantitative estimate of drug-likeness (QED) is 0.778. The van der Waals surface area contributed by atoms with Crippen LogP contribution in [0.1, 0.15) is 35.1 Å². The second-order valence-electron chi connectivity index (χ2n) is 3.62. The third kappa shape index (κ3) is 3.01. The lowest BCUT2D eigenvalue weighted by Crippen LogP contribution is -2.05. The van der Waals surface area contributed by atoms with Gasteiger partial charge in [0.25, 0.3) is 0 Å². The van der Waals surface area contributed by atoms with Crippen molar-refractivity contribution in [3.63, 3.8) is 0 Å². The average Bonchev–Trinajstić information content (AvgIpc) is 2.49. The Morgan fingerprint density at radius 3 is 2.69 bits per heavy atom. The highest BCUT2D eigenvalue weighted by molar-refractivity contribution is 7.99. The number of rotatable bonds is 6. The molecule has 16 heavy (non-hydrogen) atoms. The van der Waals surface area contributed by atoms with Gasteiger partial charge in [0.1, 0.15) is 5.56 Å². The number of nitrogens with zero attached hydrogens (tertiary/aromatic N) is 2. The van der Waals surface area contributed by atoms with Crippen molar-refractivity contribution in [1.82, 2.24) is 9.78 Å². The topological polar surface area (TPSA) is 55.1 Å². The summed E-state index contributed by atoms with van der Waals surface area (Å²) in [5, 5.41) is 13.3. The zero-order chi connectivity index (χ0) is 12.1. The lowest BCUT2D eigenvalue weighted by atomic mass is 10.2. The van der Waals surface area contributed by atoms with Crippen LogP contribution in [-0.4, -0.2) is 32.4 Å². The van der Waals surface area contributed by atoms with Crippen LogP contribution >= 0.6 is 11.8 Å². The Morgan fingerprint density at radius 2 is 2.19 bits per heavy atom. The molecule has 0 aliphatic carbocycles. The van der Waals surface area contributed by atoms with E-state index in [2.05, 4.69) is 12.0 Å². The van der Waals surface area contributed by atoms with Crippen LogP contribution in [0.3, 0.4) is 0 Å². The number of hydrogen-bond donors (Lipinski definition) is 1. The minimum Gasteiger partial charge on any atom is -0.478 e. The van der Waals surface area contributed by atoms with Crippen molar-refractivity contribution < 1.29 is 9.90 Å². The summed E-state index contributed by atoms with van der Waals surface area (Å²) in [7, 11) is 0. The number of hydrogen-bond acceptors (Lipinski definition) is 3. The summed E-state index contributed by atoms with van der Waals surface area (Å²) in [6, 6.07) is 0. The molecule has 0 aliphatic rings. The van der Waals surface area contributed by atoms with Crippen molar-refractivity contribution >= 4 is 17.7 Å². The Labute approximate surface area is 100 Å². The first-order valence-corrected chi connectivity index (χ1v) is 6.58.